The molecule has 7 heteroatoms. The van der Waals surface area contributed by atoms with Gasteiger partial charge in [0.05, 0.1) is 6.54 Å². The fourth-order valence-corrected chi connectivity index (χ4v) is 4.67. The molecule has 0 saturated heterocycles. The highest BCUT2D eigenvalue weighted by Gasteiger charge is 2.24. The first-order valence-corrected chi connectivity index (χ1v) is 9.21. The van der Waals surface area contributed by atoms with Crippen molar-refractivity contribution in [2.45, 2.75) is 45.6 Å². The normalized spacial score (nSPS) is 17.0. The lowest BCUT2D eigenvalue weighted by Gasteiger charge is -2.22. The predicted octanol–water partition coefficient (Wildman–Crippen LogP) is 1.26. The van der Waals surface area contributed by atoms with Gasteiger partial charge in [-0.25, -0.2) is 4.79 Å². The molecule has 1 aliphatic carbocycles. The maximum absolute atomic E-state index is 12.4. The maximum Gasteiger partial charge on any atom is 0.330 e. The zero-order valence-electron chi connectivity index (χ0n) is 14.4. The van der Waals surface area contributed by atoms with Crippen LogP contribution in [0.25, 0.3) is 0 Å². The molecule has 0 fully saturated rings. The summed E-state index contributed by atoms with van der Waals surface area (Å²) < 4.78 is 4.27. The third-order valence-corrected chi connectivity index (χ3v) is 6.03. The average molecular weight is 349 g/mol. The Morgan fingerprint density at radius 1 is 1.21 bits per heavy atom. The van der Waals surface area contributed by atoms with Crippen LogP contribution in [-0.2, 0) is 33.5 Å². The van der Waals surface area contributed by atoms with Crippen molar-refractivity contribution in [2.24, 2.45) is 20.0 Å². The van der Waals surface area contributed by atoms with Crippen LogP contribution < -0.4 is 16.1 Å². The number of nitrogens with zero attached hydrogens (tertiary/aromatic N) is 3. The number of aromatic nitrogens is 3. The summed E-state index contributed by atoms with van der Waals surface area (Å²) >= 11 is 1.32. The van der Waals surface area contributed by atoms with Crippen molar-refractivity contribution in [2.75, 3.05) is 0 Å². The van der Waals surface area contributed by atoms with Gasteiger partial charge in [-0.15, -0.1) is 0 Å². The molecule has 0 N–H and O–H groups in total. The Kier molecular flexibility index (Phi) is 4.62. The van der Waals surface area contributed by atoms with E-state index in [0.29, 0.717) is 11.6 Å². The molecular weight excluding hydrogens is 326 g/mol. The molecule has 2 aromatic heterocycles. The van der Waals surface area contributed by atoms with E-state index in [2.05, 4.69) is 6.92 Å². The largest absolute Gasteiger partial charge is 0.330 e. The van der Waals surface area contributed by atoms with E-state index in [1.54, 1.807) is 11.6 Å². The summed E-state index contributed by atoms with van der Waals surface area (Å²) in [6, 6.07) is 1.45. The molecule has 0 spiro atoms. The first kappa shape index (κ1) is 17.0. The Hall–Kier alpha value is -1.89. The number of thiazole rings is 1. The molecule has 24 heavy (non-hydrogen) atoms. The molecule has 1 atom stereocenters. The SMILES string of the molecule is CCC[C@H]1CCc2c(sc(=O)n2Cc2cc(=O)n(C)c(=O)n2C)C1. The van der Waals surface area contributed by atoms with Gasteiger partial charge in [-0.2, -0.15) is 0 Å². The lowest BCUT2D eigenvalue weighted by Crippen LogP contribution is -2.39. The summed E-state index contributed by atoms with van der Waals surface area (Å²) in [7, 11) is 3.10. The number of fused-ring (bicyclic) bond motifs is 1. The van der Waals surface area contributed by atoms with E-state index in [1.807, 2.05) is 0 Å². The average Bonchev–Trinajstić information content (AvgIpc) is 2.86. The van der Waals surface area contributed by atoms with Crippen LogP contribution in [-0.4, -0.2) is 13.7 Å². The van der Waals surface area contributed by atoms with Gasteiger partial charge in [0.2, 0.25) is 0 Å². The highest BCUT2D eigenvalue weighted by molar-refractivity contribution is 7.09. The first-order chi connectivity index (χ1) is 11.4. The smallest absolute Gasteiger partial charge is 0.299 e. The van der Waals surface area contributed by atoms with Crippen molar-refractivity contribution < 1.29 is 0 Å². The lowest BCUT2D eigenvalue weighted by molar-refractivity contribution is 0.416. The van der Waals surface area contributed by atoms with Crippen LogP contribution in [0.5, 0.6) is 0 Å². The van der Waals surface area contributed by atoms with Crippen molar-refractivity contribution >= 4 is 11.3 Å². The van der Waals surface area contributed by atoms with Crippen molar-refractivity contribution in [3.63, 3.8) is 0 Å². The molecule has 130 valence electrons. The summed E-state index contributed by atoms with van der Waals surface area (Å²) in [6.45, 7) is 2.48. The second kappa shape index (κ2) is 6.55. The molecule has 0 unspecified atom stereocenters. The van der Waals surface area contributed by atoms with Gasteiger partial charge in [-0.1, -0.05) is 31.1 Å². The Morgan fingerprint density at radius 3 is 2.67 bits per heavy atom. The molecule has 3 rings (SSSR count). The quantitative estimate of drug-likeness (QED) is 0.835. The van der Waals surface area contributed by atoms with Crippen LogP contribution in [0.1, 0.15) is 42.5 Å². The van der Waals surface area contributed by atoms with Gasteiger partial charge in [0.1, 0.15) is 0 Å². The number of rotatable bonds is 4. The van der Waals surface area contributed by atoms with Crippen molar-refractivity contribution in [3.8, 4) is 0 Å². The van der Waals surface area contributed by atoms with Gasteiger partial charge in [0.25, 0.3) is 5.56 Å². The minimum atomic E-state index is -0.363. The molecule has 0 bridgehead atoms. The van der Waals surface area contributed by atoms with Gasteiger partial charge in [0.15, 0.2) is 0 Å². The topological polar surface area (TPSA) is 66.0 Å². The van der Waals surface area contributed by atoms with Gasteiger partial charge in [0, 0.05) is 36.4 Å². The molecule has 0 amide bonds. The highest BCUT2D eigenvalue weighted by Crippen LogP contribution is 2.30. The standard InChI is InChI=1S/C17H23N3O3S/c1-4-5-11-6-7-13-14(8-11)24-17(23)20(13)10-12-9-15(21)19(3)16(22)18(12)2/h9,11H,4-8,10H2,1-3H3/t11-/m0/s1. The molecule has 0 aliphatic heterocycles. The second-order valence-electron chi connectivity index (χ2n) is 6.60. The highest BCUT2D eigenvalue weighted by atomic mass is 32.1. The summed E-state index contributed by atoms with van der Waals surface area (Å²) in [4.78, 5) is 37.6. The van der Waals surface area contributed by atoms with E-state index in [-0.39, 0.29) is 22.7 Å². The van der Waals surface area contributed by atoms with E-state index in [0.717, 1.165) is 29.5 Å². The van der Waals surface area contributed by atoms with Crippen molar-refractivity contribution in [1.29, 1.82) is 0 Å². The summed E-state index contributed by atoms with van der Waals surface area (Å²) in [5.41, 5.74) is 0.956. The third-order valence-electron chi connectivity index (χ3n) is 4.98. The summed E-state index contributed by atoms with van der Waals surface area (Å²) in [5, 5.41) is 0. The van der Waals surface area contributed by atoms with Crippen LogP contribution in [0, 0.1) is 5.92 Å². The molecule has 2 heterocycles. The first-order valence-electron chi connectivity index (χ1n) is 8.39. The molecule has 0 radical (unpaired) electrons. The van der Waals surface area contributed by atoms with Crippen molar-refractivity contribution in [1.82, 2.24) is 13.7 Å². The zero-order chi connectivity index (χ0) is 17.4. The van der Waals surface area contributed by atoms with Crippen molar-refractivity contribution in [3.05, 3.63) is 52.8 Å². The van der Waals surface area contributed by atoms with Gasteiger partial charge >= 0.3 is 10.6 Å². The van der Waals surface area contributed by atoms with Crippen LogP contribution in [0.3, 0.4) is 0 Å². The Balaban J connectivity index is 1.98. The monoisotopic (exact) mass is 349 g/mol. The van der Waals surface area contributed by atoms with E-state index in [9.17, 15) is 14.4 Å². The fraction of sp³-hybridized carbons (Fsp3) is 0.588. The molecular formula is C17H23N3O3S. The molecule has 0 saturated carbocycles. The fourth-order valence-electron chi connectivity index (χ4n) is 3.53. The van der Waals surface area contributed by atoms with Crippen LogP contribution >= 0.6 is 11.3 Å². The lowest BCUT2D eigenvalue weighted by atomic mass is 9.88. The van der Waals surface area contributed by atoms with E-state index in [4.69, 9.17) is 0 Å². The van der Waals surface area contributed by atoms with E-state index >= 15 is 0 Å². The Bertz CT molecular complexity index is 932. The van der Waals surface area contributed by atoms with E-state index < -0.39 is 0 Å². The van der Waals surface area contributed by atoms with Crippen LogP contribution in [0.15, 0.2) is 20.4 Å². The zero-order valence-corrected chi connectivity index (χ0v) is 15.2. The number of hydrogen-bond donors (Lipinski definition) is 0. The second-order valence-corrected chi connectivity index (χ2v) is 7.64. The Morgan fingerprint density at radius 2 is 1.96 bits per heavy atom. The predicted molar refractivity (Wildman–Crippen MR) is 95.0 cm³/mol. The minimum absolute atomic E-state index is 0.00488. The Labute approximate surface area is 144 Å². The van der Waals surface area contributed by atoms with Gasteiger partial charge in [-0.3, -0.25) is 23.3 Å². The summed E-state index contributed by atoms with van der Waals surface area (Å²) in [5.74, 6) is 0.669. The van der Waals surface area contributed by atoms with E-state index in [1.165, 1.54) is 46.7 Å². The molecule has 0 aromatic carbocycles. The number of hydrogen-bond acceptors (Lipinski definition) is 4. The van der Waals surface area contributed by atoms with Crippen LogP contribution in [0.4, 0.5) is 0 Å². The molecule has 1 aliphatic rings. The minimum Gasteiger partial charge on any atom is -0.299 e. The van der Waals surface area contributed by atoms with Gasteiger partial charge in [-0.05, 0) is 25.2 Å². The molecule has 2 aromatic rings. The summed E-state index contributed by atoms with van der Waals surface area (Å²) in [6.07, 6.45) is 5.36. The maximum atomic E-state index is 12.4. The third kappa shape index (κ3) is 2.92. The van der Waals surface area contributed by atoms with Gasteiger partial charge < -0.3 is 0 Å². The van der Waals surface area contributed by atoms with Crippen LogP contribution in [0.2, 0.25) is 0 Å². The molecule has 6 nitrogen and oxygen atoms in total.